The van der Waals surface area contributed by atoms with Crippen LogP contribution < -0.4 is 5.32 Å². The van der Waals surface area contributed by atoms with E-state index < -0.39 is 0 Å². The van der Waals surface area contributed by atoms with Gasteiger partial charge in [-0.1, -0.05) is 32.4 Å². The van der Waals surface area contributed by atoms with E-state index in [0.717, 1.165) is 5.69 Å². The van der Waals surface area contributed by atoms with Crippen molar-refractivity contribution in [3.63, 3.8) is 0 Å². The van der Waals surface area contributed by atoms with Gasteiger partial charge in [0.1, 0.15) is 5.15 Å². The predicted molar refractivity (Wildman–Crippen MR) is 71.8 cm³/mol. The van der Waals surface area contributed by atoms with Crippen LogP contribution in [0.2, 0.25) is 5.15 Å². The maximum absolute atomic E-state index is 12.0. The van der Waals surface area contributed by atoms with E-state index in [-0.39, 0.29) is 24.5 Å². The number of aryl methyl sites for hydroxylation is 1. The summed E-state index contributed by atoms with van der Waals surface area (Å²) in [4.78, 5) is 16.1. The molecule has 0 spiro atoms. The molecule has 1 aromatic rings. The van der Waals surface area contributed by atoms with Gasteiger partial charge in [0.15, 0.2) is 0 Å². The van der Waals surface area contributed by atoms with Gasteiger partial charge in [-0.25, -0.2) is 4.98 Å². The topological polar surface area (TPSA) is 62.2 Å². The van der Waals surface area contributed by atoms with Crippen LogP contribution in [0.1, 0.15) is 36.8 Å². The van der Waals surface area contributed by atoms with Crippen LogP contribution in [-0.2, 0) is 6.42 Å². The van der Waals surface area contributed by atoms with Crippen LogP contribution in [0, 0.1) is 5.92 Å². The lowest BCUT2D eigenvalue weighted by molar-refractivity contribution is 0.0896. The summed E-state index contributed by atoms with van der Waals surface area (Å²) in [5.41, 5.74) is 1.25. The fourth-order valence-corrected chi connectivity index (χ4v) is 1.76. The third-order valence-electron chi connectivity index (χ3n) is 2.79. The van der Waals surface area contributed by atoms with Crippen LogP contribution in [0.5, 0.6) is 0 Å². The number of amides is 1. The van der Waals surface area contributed by atoms with Crippen LogP contribution in [-0.4, -0.2) is 28.6 Å². The molecule has 1 amide bonds. The number of carbonyl (C=O) groups excluding carboxylic acids is 1. The average molecular weight is 271 g/mol. The summed E-state index contributed by atoms with van der Waals surface area (Å²) in [6.07, 6.45) is 0.717. The van der Waals surface area contributed by atoms with Crippen molar-refractivity contribution in [3.8, 4) is 0 Å². The third kappa shape index (κ3) is 3.96. The molecule has 0 fully saturated rings. The Labute approximate surface area is 112 Å². The zero-order valence-electron chi connectivity index (χ0n) is 10.9. The zero-order valence-corrected chi connectivity index (χ0v) is 11.7. The number of carbonyl (C=O) groups is 1. The first-order valence-corrected chi connectivity index (χ1v) is 6.43. The Balaban J connectivity index is 2.86. The first kappa shape index (κ1) is 14.9. The SMILES string of the molecule is CCc1cc(C(=O)NC(CO)C(C)C)cc(Cl)n1. The smallest absolute Gasteiger partial charge is 0.251 e. The molecule has 1 heterocycles. The standard InChI is InChI=1S/C13H19ClN2O2/c1-4-10-5-9(6-12(14)15-10)13(18)16-11(7-17)8(2)3/h5-6,8,11,17H,4,7H2,1-3H3,(H,16,18). The van der Waals surface area contributed by atoms with Gasteiger partial charge in [0, 0.05) is 11.3 Å². The summed E-state index contributed by atoms with van der Waals surface area (Å²) in [7, 11) is 0. The summed E-state index contributed by atoms with van der Waals surface area (Å²) in [6, 6.07) is 3.00. The molecular formula is C13H19ClN2O2. The second-order valence-corrected chi connectivity index (χ2v) is 4.92. The molecule has 0 saturated heterocycles. The summed E-state index contributed by atoms with van der Waals surface area (Å²) < 4.78 is 0. The van der Waals surface area contributed by atoms with Crippen molar-refractivity contribution < 1.29 is 9.90 Å². The maximum Gasteiger partial charge on any atom is 0.251 e. The van der Waals surface area contributed by atoms with Crippen molar-refractivity contribution in [3.05, 3.63) is 28.5 Å². The van der Waals surface area contributed by atoms with E-state index in [9.17, 15) is 9.90 Å². The monoisotopic (exact) mass is 270 g/mol. The van der Waals surface area contributed by atoms with E-state index in [2.05, 4.69) is 10.3 Å². The number of rotatable bonds is 5. The van der Waals surface area contributed by atoms with E-state index in [1.54, 1.807) is 6.07 Å². The highest BCUT2D eigenvalue weighted by molar-refractivity contribution is 6.29. The minimum absolute atomic E-state index is 0.0805. The van der Waals surface area contributed by atoms with E-state index in [1.807, 2.05) is 20.8 Å². The van der Waals surface area contributed by atoms with Gasteiger partial charge in [0.05, 0.1) is 12.6 Å². The van der Waals surface area contributed by atoms with Crippen LogP contribution in [0.4, 0.5) is 0 Å². The highest BCUT2D eigenvalue weighted by atomic mass is 35.5. The molecule has 18 heavy (non-hydrogen) atoms. The largest absolute Gasteiger partial charge is 0.394 e. The molecule has 1 rings (SSSR count). The highest BCUT2D eigenvalue weighted by Gasteiger charge is 2.17. The summed E-state index contributed by atoms with van der Waals surface area (Å²) in [5, 5.41) is 12.3. The molecule has 0 aliphatic carbocycles. The lowest BCUT2D eigenvalue weighted by Crippen LogP contribution is -2.41. The number of pyridine rings is 1. The molecule has 0 saturated carbocycles. The van der Waals surface area contributed by atoms with E-state index in [4.69, 9.17) is 11.6 Å². The van der Waals surface area contributed by atoms with Crippen LogP contribution in [0.3, 0.4) is 0 Å². The number of hydrogen-bond acceptors (Lipinski definition) is 3. The number of hydrogen-bond donors (Lipinski definition) is 2. The molecule has 2 N–H and O–H groups in total. The quantitative estimate of drug-likeness (QED) is 0.805. The Morgan fingerprint density at radius 1 is 1.50 bits per heavy atom. The molecule has 5 heteroatoms. The normalized spacial score (nSPS) is 12.6. The number of aliphatic hydroxyl groups is 1. The molecule has 1 aromatic heterocycles. The van der Waals surface area contributed by atoms with Gasteiger partial charge in [-0.3, -0.25) is 4.79 Å². The number of halogens is 1. The summed E-state index contributed by atoms with van der Waals surface area (Å²) >= 11 is 5.87. The fourth-order valence-electron chi connectivity index (χ4n) is 1.54. The second-order valence-electron chi connectivity index (χ2n) is 4.53. The van der Waals surface area contributed by atoms with Crippen molar-refractivity contribution in [1.82, 2.24) is 10.3 Å². The Bertz CT molecular complexity index is 421. The lowest BCUT2D eigenvalue weighted by Gasteiger charge is -2.20. The molecule has 1 unspecified atom stereocenters. The molecular weight excluding hydrogens is 252 g/mol. The molecule has 0 bridgehead atoms. The van der Waals surface area contributed by atoms with Gasteiger partial charge in [-0.15, -0.1) is 0 Å². The van der Waals surface area contributed by atoms with Crippen molar-refractivity contribution in [2.24, 2.45) is 5.92 Å². The molecule has 0 aliphatic rings. The highest BCUT2D eigenvalue weighted by Crippen LogP contribution is 2.12. The Morgan fingerprint density at radius 2 is 2.17 bits per heavy atom. The predicted octanol–water partition coefficient (Wildman–Crippen LogP) is 2.04. The molecule has 4 nitrogen and oxygen atoms in total. The fraction of sp³-hybridized carbons (Fsp3) is 0.538. The van der Waals surface area contributed by atoms with Gasteiger partial charge in [0.2, 0.25) is 0 Å². The Morgan fingerprint density at radius 3 is 2.67 bits per heavy atom. The first-order valence-electron chi connectivity index (χ1n) is 6.06. The van der Waals surface area contributed by atoms with Crippen molar-refractivity contribution >= 4 is 17.5 Å². The van der Waals surface area contributed by atoms with Crippen LogP contribution in [0.25, 0.3) is 0 Å². The van der Waals surface area contributed by atoms with Gasteiger partial charge >= 0.3 is 0 Å². The molecule has 0 aromatic carbocycles. The van der Waals surface area contributed by atoms with Gasteiger partial charge in [0.25, 0.3) is 5.91 Å². The molecule has 0 radical (unpaired) electrons. The van der Waals surface area contributed by atoms with Gasteiger partial charge in [-0.05, 0) is 24.5 Å². The molecule has 1 atom stereocenters. The van der Waals surface area contributed by atoms with Crippen molar-refractivity contribution in [1.29, 1.82) is 0 Å². The summed E-state index contributed by atoms with van der Waals surface area (Å²) in [5.74, 6) is -0.0661. The minimum atomic E-state index is -0.255. The first-order chi connectivity index (χ1) is 8.47. The van der Waals surface area contributed by atoms with Crippen molar-refractivity contribution in [2.75, 3.05) is 6.61 Å². The number of aliphatic hydroxyl groups excluding tert-OH is 1. The minimum Gasteiger partial charge on any atom is -0.394 e. The van der Waals surface area contributed by atoms with Gasteiger partial charge < -0.3 is 10.4 Å². The average Bonchev–Trinajstić information content (AvgIpc) is 2.34. The van der Waals surface area contributed by atoms with E-state index >= 15 is 0 Å². The van der Waals surface area contributed by atoms with E-state index in [0.29, 0.717) is 17.1 Å². The van der Waals surface area contributed by atoms with Crippen LogP contribution >= 0.6 is 11.6 Å². The lowest BCUT2D eigenvalue weighted by atomic mass is 10.0. The molecule has 100 valence electrons. The third-order valence-corrected chi connectivity index (χ3v) is 2.98. The second kappa shape index (κ2) is 6.71. The van der Waals surface area contributed by atoms with Crippen molar-refractivity contribution in [2.45, 2.75) is 33.2 Å². The molecule has 0 aliphatic heterocycles. The number of aromatic nitrogens is 1. The zero-order chi connectivity index (χ0) is 13.7. The maximum atomic E-state index is 12.0. The Kier molecular flexibility index (Phi) is 5.56. The Hall–Kier alpha value is -1.13. The van der Waals surface area contributed by atoms with Gasteiger partial charge in [-0.2, -0.15) is 0 Å². The van der Waals surface area contributed by atoms with E-state index in [1.165, 1.54) is 6.07 Å². The number of nitrogens with zero attached hydrogens (tertiary/aromatic N) is 1. The summed E-state index contributed by atoms with van der Waals surface area (Å²) in [6.45, 7) is 5.75. The van der Waals surface area contributed by atoms with Crippen LogP contribution in [0.15, 0.2) is 12.1 Å². The number of nitrogens with one attached hydrogen (secondary N) is 1.